The molecule has 0 saturated heterocycles. The molecule has 0 bridgehead atoms. The topological polar surface area (TPSA) is 69.0 Å². The molecule has 0 fully saturated rings. The molecule has 0 radical (unpaired) electrons. The fraction of sp³-hybridized carbons (Fsp3) is 0.200. The predicted octanol–water partition coefficient (Wildman–Crippen LogP) is -0.109. The lowest BCUT2D eigenvalue weighted by Gasteiger charge is -1.94. The van der Waals surface area contributed by atoms with E-state index in [1.165, 1.54) is 7.05 Å². The number of carbonyl (C=O) groups excluding carboxylic acids is 1. The van der Waals surface area contributed by atoms with Crippen LogP contribution in [-0.4, -0.2) is 24.5 Å². The number of halogens is 1. The zero-order chi connectivity index (χ0) is 9.35. The van der Waals surface area contributed by atoms with Crippen molar-refractivity contribution >= 4 is 16.5 Å². The second-order valence-corrected chi connectivity index (χ2v) is 3.35. The maximum absolute atomic E-state index is 12.4. The molecule has 0 aromatic carbocycles. The van der Waals surface area contributed by atoms with Gasteiger partial charge in [-0.3, -0.25) is 9.48 Å². The van der Waals surface area contributed by atoms with E-state index in [-0.39, 0.29) is 11.8 Å². The van der Waals surface area contributed by atoms with Gasteiger partial charge in [-0.25, -0.2) is 0 Å². The minimum absolute atomic E-state index is 0.236. The lowest BCUT2D eigenvalue weighted by Crippen LogP contribution is -2.04. The smallest absolute Gasteiger partial charge is 0.298 e. The standard InChI is InChI=1S/C5H5FN2O3S/c1-8-5(12(6,10)11)4(3-9)2-7-8/h2-3H,1H3. The molecule has 0 aliphatic rings. The summed E-state index contributed by atoms with van der Waals surface area (Å²) in [5.74, 6) is 0. The maximum atomic E-state index is 12.4. The van der Waals surface area contributed by atoms with Crippen LogP contribution in [0.2, 0.25) is 0 Å². The van der Waals surface area contributed by atoms with Gasteiger partial charge in [-0.15, -0.1) is 0 Å². The van der Waals surface area contributed by atoms with Gasteiger partial charge in [0, 0.05) is 7.05 Å². The first-order chi connectivity index (χ1) is 5.46. The molecule has 5 nitrogen and oxygen atoms in total. The average molecular weight is 192 g/mol. The van der Waals surface area contributed by atoms with E-state index in [0.717, 1.165) is 10.9 Å². The number of rotatable bonds is 2. The molecule has 1 heterocycles. The summed E-state index contributed by atoms with van der Waals surface area (Å²) in [6.45, 7) is 0. The molecule has 0 aliphatic heterocycles. The Morgan fingerprint density at radius 1 is 1.67 bits per heavy atom. The molecule has 1 aromatic rings. The number of carbonyl (C=O) groups is 1. The molecule has 1 aromatic heterocycles. The Labute approximate surface area is 68.0 Å². The van der Waals surface area contributed by atoms with Crippen LogP contribution >= 0.6 is 0 Å². The Morgan fingerprint density at radius 2 is 2.25 bits per heavy atom. The number of nitrogens with zero attached hydrogens (tertiary/aromatic N) is 2. The molecule has 0 amide bonds. The molecule has 0 N–H and O–H groups in total. The van der Waals surface area contributed by atoms with Crippen LogP contribution in [0.3, 0.4) is 0 Å². The van der Waals surface area contributed by atoms with Crippen LogP contribution in [0.5, 0.6) is 0 Å². The van der Waals surface area contributed by atoms with Gasteiger partial charge in [0.2, 0.25) is 0 Å². The molecular weight excluding hydrogens is 187 g/mol. The quantitative estimate of drug-likeness (QED) is 0.484. The van der Waals surface area contributed by atoms with Gasteiger partial charge in [0.25, 0.3) is 0 Å². The van der Waals surface area contributed by atoms with Crippen molar-refractivity contribution in [2.45, 2.75) is 5.03 Å². The molecular formula is C5H5FN2O3S. The van der Waals surface area contributed by atoms with Gasteiger partial charge in [0.15, 0.2) is 11.3 Å². The van der Waals surface area contributed by atoms with E-state index in [1.807, 2.05) is 0 Å². The minimum atomic E-state index is -4.86. The summed E-state index contributed by atoms with van der Waals surface area (Å²) in [4.78, 5) is 10.2. The minimum Gasteiger partial charge on any atom is -0.298 e. The van der Waals surface area contributed by atoms with E-state index in [0.29, 0.717) is 0 Å². The van der Waals surface area contributed by atoms with Gasteiger partial charge in [-0.2, -0.15) is 13.5 Å². The Kier molecular flexibility index (Phi) is 1.97. The Balaban J connectivity index is 3.49. The third kappa shape index (κ3) is 1.35. The van der Waals surface area contributed by atoms with Crippen molar-refractivity contribution in [2.75, 3.05) is 0 Å². The Bertz CT molecular complexity index is 408. The second kappa shape index (κ2) is 2.67. The van der Waals surface area contributed by atoms with E-state index in [9.17, 15) is 17.1 Å². The van der Waals surface area contributed by atoms with Crippen LogP contribution in [0.15, 0.2) is 11.2 Å². The van der Waals surface area contributed by atoms with Crippen LogP contribution in [-0.2, 0) is 17.3 Å². The molecule has 0 spiro atoms. The van der Waals surface area contributed by atoms with Crippen LogP contribution in [0.1, 0.15) is 10.4 Å². The van der Waals surface area contributed by atoms with Crippen LogP contribution in [0.25, 0.3) is 0 Å². The van der Waals surface area contributed by atoms with Crippen molar-refractivity contribution in [3.05, 3.63) is 11.8 Å². The molecule has 0 aliphatic carbocycles. The maximum Gasteiger partial charge on any atom is 0.350 e. The fourth-order valence-electron chi connectivity index (χ4n) is 0.823. The first-order valence-electron chi connectivity index (χ1n) is 2.88. The summed E-state index contributed by atoms with van der Waals surface area (Å²) in [5, 5.41) is 2.71. The number of hydrogen-bond donors (Lipinski definition) is 0. The molecule has 0 saturated carbocycles. The first-order valence-corrected chi connectivity index (χ1v) is 4.27. The monoisotopic (exact) mass is 192 g/mol. The van der Waals surface area contributed by atoms with E-state index in [4.69, 9.17) is 0 Å². The van der Waals surface area contributed by atoms with Gasteiger partial charge >= 0.3 is 10.2 Å². The first kappa shape index (κ1) is 8.85. The van der Waals surface area contributed by atoms with Crippen LogP contribution in [0, 0.1) is 0 Å². The highest BCUT2D eigenvalue weighted by atomic mass is 32.3. The highest BCUT2D eigenvalue weighted by Crippen LogP contribution is 2.14. The van der Waals surface area contributed by atoms with Crippen LogP contribution in [0.4, 0.5) is 3.89 Å². The number of aromatic nitrogens is 2. The van der Waals surface area contributed by atoms with Crippen molar-refractivity contribution in [3.63, 3.8) is 0 Å². The van der Waals surface area contributed by atoms with Gasteiger partial charge in [0.1, 0.15) is 0 Å². The Morgan fingerprint density at radius 3 is 2.58 bits per heavy atom. The molecule has 0 atom stereocenters. The highest BCUT2D eigenvalue weighted by Gasteiger charge is 2.21. The SMILES string of the molecule is Cn1ncc(C=O)c1S(=O)(=O)F. The summed E-state index contributed by atoms with van der Waals surface area (Å²) >= 11 is 0. The molecule has 7 heteroatoms. The Hall–Kier alpha value is -1.24. The largest absolute Gasteiger partial charge is 0.350 e. The van der Waals surface area contributed by atoms with Crippen molar-refractivity contribution < 1.29 is 17.1 Å². The van der Waals surface area contributed by atoms with Crippen molar-refractivity contribution in [2.24, 2.45) is 7.05 Å². The van der Waals surface area contributed by atoms with Crippen molar-refractivity contribution in [1.82, 2.24) is 9.78 Å². The fourth-order valence-corrected chi connectivity index (χ4v) is 1.57. The zero-order valence-electron chi connectivity index (χ0n) is 6.06. The lowest BCUT2D eigenvalue weighted by molar-refractivity contribution is 0.112. The van der Waals surface area contributed by atoms with E-state index < -0.39 is 15.2 Å². The van der Waals surface area contributed by atoms with E-state index >= 15 is 0 Å². The van der Waals surface area contributed by atoms with Crippen molar-refractivity contribution in [1.29, 1.82) is 0 Å². The molecule has 66 valence electrons. The summed E-state index contributed by atoms with van der Waals surface area (Å²) in [6, 6.07) is 0. The third-order valence-corrected chi connectivity index (χ3v) is 2.23. The lowest BCUT2D eigenvalue weighted by atomic mass is 10.4. The summed E-state index contributed by atoms with van der Waals surface area (Å²) < 4.78 is 34.0. The normalized spacial score (nSPS) is 11.5. The highest BCUT2D eigenvalue weighted by molar-refractivity contribution is 7.86. The third-order valence-electron chi connectivity index (χ3n) is 1.27. The van der Waals surface area contributed by atoms with Crippen molar-refractivity contribution in [3.8, 4) is 0 Å². The predicted molar refractivity (Wildman–Crippen MR) is 36.9 cm³/mol. The van der Waals surface area contributed by atoms with Gasteiger partial charge in [-0.1, -0.05) is 3.89 Å². The molecule has 1 rings (SSSR count). The average Bonchev–Trinajstić information content (AvgIpc) is 2.29. The summed E-state index contributed by atoms with van der Waals surface area (Å²) in [6.07, 6.45) is 1.22. The summed E-state index contributed by atoms with van der Waals surface area (Å²) in [7, 11) is -3.63. The number of hydrogen-bond acceptors (Lipinski definition) is 4. The number of aryl methyl sites for hydroxylation is 1. The molecule has 0 unspecified atom stereocenters. The van der Waals surface area contributed by atoms with Gasteiger partial charge < -0.3 is 0 Å². The summed E-state index contributed by atoms with van der Waals surface area (Å²) in [5.41, 5.74) is -0.278. The van der Waals surface area contributed by atoms with Gasteiger partial charge in [-0.05, 0) is 0 Å². The van der Waals surface area contributed by atoms with E-state index in [1.54, 1.807) is 0 Å². The van der Waals surface area contributed by atoms with Crippen LogP contribution < -0.4 is 0 Å². The zero-order valence-corrected chi connectivity index (χ0v) is 6.88. The van der Waals surface area contributed by atoms with Gasteiger partial charge in [0.05, 0.1) is 11.8 Å². The second-order valence-electron chi connectivity index (χ2n) is 2.08. The van der Waals surface area contributed by atoms with E-state index in [2.05, 4.69) is 5.10 Å². The molecule has 12 heavy (non-hydrogen) atoms. The number of aldehydes is 1.